The maximum atomic E-state index is 10.9. The first-order valence-electron chi connectivity index (χ1n) is 5.91. The van der Waals surface area contributed by atoms with Crippen LogP contribution in [-0.2, 0) is 4.79 Å². The molecule has 0 saturated carbocycles. The Morgan fingerprint density at radius 1 is 1.50 bits per heavy atom. The largest absolute Gasteiger partial charge is 0.461 e. The van der Waals surface area contributed by atoms with Crippen LogP contribution in [0.3, 0.4) is 0 Å². The highest BCUT2D eigenvalue weighted by Gasteiger charge is 2.16. The van der Waals surface area contributed by atoms with E-state index in [1.54, 1.807) is 6.07 Å². The maximum absolute atomic E-state index is 10.9. The van der Waals surface area contributed by atoms with Gasteiger partial charge in [0.1, 0.15) is 22.6 Å². The van der Waals surface area contributed by atoms with Gasteiger partial charge in [-0.3, -0.25) is 4.79 Å². The lowest BCUT2D eigenvalue weighted by Crippen LogP contribution is -2.13. The number of hydrogen-bond donors (Lipinski definition) is 1. The molecule has 0 aliphatic heterocycles. The predicted molar refractivity (Wildman–Crippen MR) is 76.0 cm³/mol. The van der Waals surface area contributed by atoms with Gasteiger partial charge in [-0.25, -0.2) is 4.98 Å². The molecule has 0 fully saturated rings. The van der Waals surface area contributed by atoms with E-state index in [9.17, 15) is 10.1 Å². The molecule has 0 spiro atoms. The number of aromatic nitrogens is 1. The summed E-state index contributed by atoms with van der Waals surface area (Å²) in [6, 6.07) is 7.57. The van der Waals surface area contributed by atoms with Crippen LogP contribution in [0.1, 0.15) is 17.0 Å². The quantitative estimate of drug-likeness (QED) is 0.871. The molecule has 0 aliphatic carbocycles. The molecule has 0 atom stereocenters. The molecule has 2 aromatic rings. The molecule has 5 nitrogen and oxygen atoms in total. The zero-order valence-electron chi connectivity index (χ0n) is 11.1. The minimum Gasteiger partial charge on any atom is -0.461 e. The van der Waals surface area contributed by atoms with Crippen molar-refractivity contribution in [3.8, 4) is 17.4 Å². The number of primary amides is 1. The molecule has 2 aromatic heterocycles. The van der Waals surface area contributed by atoms with E-state index in [2.05, 4.69) is 11.1 Å². The van der Waals surface area contributed by atoms with Crippen LogP contribution in [0.2, 0.25) is 0 Å². The molecule has 2 rings (SSSR count). The van der Waals surface area contributed by atoms with Gasteiger partial charge in [-0.05, 0) is 32.0 Å². The van der Waals surface area contributed by atoms with Crippen LogP contribution in [0.15, 0.2) is 27.6 Å². The normalized spacial score (nSPS) is 10.2. The summed E-state index contributed by atoms with van der Waals surface area (Å²) in [7, 11) is 0. The summed E-state index contributed by atoms with van der Waals surface area (Å²) in [5, 5.41) is 9.86. The first kappa shape index (κ1) is 14.2. The standard InChI is InChI=1S/C14H13N3O2S/c1-8-5-10(12-4-3-9(2)19-12)11(6-15)14(17-8)20-7-13(16)18/h3-5H,7H2,1-2H3,(H2,16,18). The Hall–Kier alpha value is -2.26. The van der Waals surface area contributed by atoms with E-state index in [0.717, 1.165) is 23.2 Å². The minimum atomic E-state index is -0.447. The smallest absolute Gasteiger partial charge is 0.227 e. The van der Waals surface area contributed by atoms with E-state index in [1.165, 1.54) is 0 Å². The van der Waals surface area contributed by atoms with Gasteiger partial charge in [0.15, 0.2) is 0 Å². The predicted octanol–water partition coefficient (Wildman–Crippen LogP) is 2.41. The van der Waals surface area contributed by atoms with Crippen molar-refractivity contribution in [3.05, 3.63) is 35.2 Å². The van der Waals surface area contributed by atoms with Crippen LogP contribution < -0.4 is 5.73 Å². The molecule has 0 aliphatic rings. The Balaban J connectivity index is 2.52. The average molecular weight is 287 g/mol. The second kappa shape index (κ2) is 5.80. The van der Waals surface area contributed by atoms with Crippen LogP contribution in [0.4, 0.5) is 0 Å². The number of hydrogen-bond acceptors (Lipinski definition) is 5. The fourth-order valence-corrected chi connectivity index (χ4v) is 2.56. The van der Waals surface area contributed by atoms with Crippen molar-refractivity contribution >= 4 is 17.7 Å². The number of pyridine rings is 1. The van der Waals surface area contributed by atoms with Gasteiger partial charge in [-0.2, -0.15) is 5.26 Å². The summed E-state index contributed by atoms with van der Waals surface area (Å²) in [6.45, 7) is 3.67. The molecule has 0 saturated heterocycles. The van der Waals surface area contributed by atoms with Gasteiger partial charge in [0, 0.05) is 11.3 Å². The Morgan fingerprint density at radius 2 is 2.25 bits per heavy atom. The molecular formula is C14H13N3O2S. The molecule has 6 heteroatoms. The first-order chi connectivity index (χ1) is 9.51. The Labute approximate surface area is 120 Å². The number of carbonyl (C=O) groups excluding carboxylic acids is 1. The van der Waals surface area contributed by atoms with Gasteiger partial charge in [0.2, 0.25) is 5.91 Å². The second-order valence-corrected chi connectivity index (χ2v) is 5.23. The van der Waals surface area contributed by atoms with E-state index in [1.807, 2.05) is 26.0 Å². The second-order valence-electron chi connectivity index (χ2n) is 4.27. The van der Waals surface area contributed by atoms with Gasteiger partial charge in [0.25, 0.3) is 0 Å². The third kappa shape index (κ3) is 3.00. The number of carbonyl (C=O) groups is 1. The molecule has 1 amide bonds. The SMILES string of the molecule is Cc1cc(-c2ccc(C)o2)c(C#N)c(SCC(N)=O)n1. The van der Waals surface area contributed by atoms with Gasteiger partial charge >= 0.3 is 0 Å². The van der Waals surface area contributed by atoms with Crippen LogP contribution in [-0.4, -0.2) is 16.6 Å². The zero-order valence-corrected chi connectivity index (χ0v) is 12.0. The molecule has 2 heterocycles. The lowest BCUT2D eigenvalue weighted by molar-refractivity contribution is -0.115. The van der Waals surface area contributed by atoms with Gasteiger partial charge in [-0.15, -0.1) is 0 Å². The summed E-state index contributed by atoms with van der Waals surface area (Å²) in [5.41, 5.74) is 6.96. The average Bonchev–Trinajstić information content (AvgIpc) is 2.82. The molecule has 0 radical (unpaired) electrons. The van der Waals surface area contributed by atoms with E-state index < -0.39 is 5.91 Å². The zero-order chi connectivity index (χ0) is 14.7. The third-order valence-electron chi connectivity index (χ3n) is 2.58. The van der Waals surface area contributed by atoms with Crippen molar-refractivity contribution < 1.29 is 9.21 Å². The van der Waals surface area contributed by atoms with E-state index in [0.29, 0.717) is 21.9 Å². The highest BCUT2D eigenvalue weighted by Crippen LogP contribution is 2.31. The third-order valence-corrected chi connectivity index (χ3v) is 3.58. The van der Waals surface area contributed by atoms with Crippen LogP contribution in [0, 0.1) is 25.2 Å². The van der Waals surface area contributed by atoms with Crippen LogP contribution in [0.25, 0.3) is 11.3 Å². The number of nitrogens with two attached hydrogens (primary N) is 1. The van der Waals surface area contributed by atoms with Gasteiger partial charge < -0.3 is 10.2 Å². The number of furan rings is 1. The van der Waals surface area contributed by atoms with Crippen LogP contribution >= 0.6 is 11.8 Å². The van der Waals surface area contributed by atoms with Crippen molar-refractivity contribution in [2.75, 3.05) is 5.75 Å². The highest BCUT2D eigenvalue weighted by molar-refractivity contribution is 8.00. The van der Waals surface area contributed by atoms with E-state index in [4.69, 9.17) is 10.2 Å². The first-order valence-corrected chi connectivity index (χ1v) is 6.89. The van der Waals surface area contributed by atoms with Crippen LogP contribution in [0.5, 0.6) is 0 Å². The summed E-state index contributed by atoms with van der Waals surface area (Å²) in [4.78, 5) is 15.2. The summed E-state index contributed by atoms with van der Waals surface area (Å²) < 4.78 is 5.57. The van der Waals surface area contributed by atoms with Crippen molar-refractivity contribution in [1.82, 2.24) is 4.98 Å². The molecule has 2 N–H and O–H groups in total. The topological polar surface area (TPSA) is 92.9 Å². The van der Waals surface area contributed by atoms with Gasteiger partial charge in [-0.1, -0.05) is 11.8 Å². The minimum absolute atomic E-state index is 0.0851. The monoisotopic (exact) mass is 287 g/mol. The fraction of sp³-hybridized carbons (Fsp3) is 0.214. The Morgan fingerprint density at radius 3 is 2.80 bits per heavy atom. The maximum Gasteiger partial charge on any atom is 0.227 e. The molecule has 102 valence electrons. The lowest BCUT2D eigenvalue weighted by atomic mass is 10.1. The Kier molecular flexibility index (Phi) is 4.11. The number of aryl methyl sites for hydroxylation is 2. The van der Waals surface area contributed by atoms with Gasteiger partial charge in [0.05, 0.1) is 11.3 Å². The lowest BCUT2D eigenvalue weighted by Gasteiger charge is -2.08. The molecule has 0 bridgehead atoms. The van der Waals surface area contributed by atoms with Crippen molar-refractivity contribution in [2.45, 2.75) is 18.9 Å². The van der Waals surface area contributed by atoms with E-state index >= 15 is 0 Å². The molecule has 0 unspecified atom stereocenters. The number of thioether (sulfide) groups is 1. The fourth-order valence-electron chi connectivity index (χ4n) is 1.77. The number of rotatable bonds is 4. The molecule has 0 aromatic carbocycles. The highest BCUT2D eigenvalue weighted by atomic mass is 32.2. The Bertz CT molecular complexity index is 701. The van der Waals surface area contributed by atoms with Crippen molar-refractivity contribution in [2.24, 2.45) is 5.73 Å². The summed E-state index contributed by atoms with van der Waals surface area (Å²) >= 11 is 1.16. The van der Waals surface area contributed by atoms with Crippen molar-refractivity contribution in [1.29, 1.82) is 5.26 Å². The number of nitriles is 1. The van der Waals surface area contributed by atoms with E-state index in [-0.39, 0.29) is 5.75 Å². The molecule has 20 heavy (non-hydrogen) atoms. The number of amides is 1. The molecular weight excluding hydrogens is 274 g/mol. The number of nitrogens with zero attached hydrogens (tertiary/aromatic N) is 2. The summed E-state index contributed by atoms with van der Waals surface area (Å²) in [5.74, 6) is 1.02. The van der Waals surface area contributed by atoms with Crippen molar-refractivity contribution in [3.63, 3.8) is 0 Å². The summed E-state index contributed by atoms with van der Waals surface area (Å²) in [6.07, 6.45) is 0.